The summed E-state index contributed by atoms with van der Waals surface area (Å²) in [5, 5.41) is 0. The van der Waals surface area contributed by atoms with Gasteiger partial charge in [0, 0.05) is 11.3 Å². The number of anilines is 1. The first kappa shape index (κ1) is 14.5. The van der Waals surface area contributed by atoms with Gasteiger partial charge in [-0.05, 0) is 30.3 Å². The second-order valence-electron chi connectivity index (χ2n) is 4.09. The number of methoxy groups -OCH3 is 1. The Morgan fingerprint density at radius 1 is 1.20 bits per heavy atom. The SMILES string of the molecule is COc1ccc(N)c(S(=O)Cc2c(F)cccc2F)c1. The first-order valence-electron chi connectivity index (χ1n) is 5.77. The maximum Gasteiger partial charge on any atom is 0.130 e. The zero-order valence-corrected chi connectivity index (χ0v) is 11.5. The highest BCUT2D eigenvalue weighted by atomic mass is 32.2. The number of benzene rings is 2. The molecule has 0 bridgehead atoms. The normalized spacial score (nSPS) is 12.2. The van der Waals surface area contributed by atoms with E-state index in [0.29, 0.717) is 16.3 Å². The lowest BCUT2D eigenvalue weighted by Gasteiger charge is -2.09. The maximum atomic E-state index is 13.5. The maximum absolute atomic E-state index is 13.5. The fourth-order valence-electron chi connectivity index (χ4n) is 1.72. The van der Waals surface area contributed by atoms with E-state index in [-0.39, 0.29) is 11.3 Å². The molecule has 106 valence electrons. The molecule has 0 aliphatic heterocycles. The first-order chi connectivity index (χ1) is 9.52. The van der Waals surface area contributed by atoms with Crippen molar-refractivity contribution in [3.63, 3.8) is 0 Å². The summed E-state index contributed by atoms with van der Waals surface area (Å²) < 4.78 is 44.4. The van der Waals surface area contributed by atoms with Crippen molar-refractivity contribution in [2.24, 2.45) is 0 Å². The quantitative estimate of drug-likeness (QED) is 0.883. The lowest BCUT2D eigenvalue weighted by atomic mass is 10.2. The summed E-state index contributed by atoms with van der Waals surface area (Å²) in [6.07, 6.45) is 0. The van der Waals surface area contributed by atoms with Crippen LogP contribution in [0.5, 0.6) is 5.75 Å². The van der Waals surface area contributed by atoms with Gasteiger partial charge in [0.15, 0.2) is 0 Å². The van der Waals surface area contributed by atoms with E-state index in [1.807, 2.05) is 0 Å². The molecule has 6 heteroatoms. The van der Waals surface area contributed by atoms with Crippen LogP contribution < -0.4 is 10.5 Å². The third-order valence-electron chi connectivity index (χ3n) is 2.80. The number of rotatable bonds is 4. The Balaban J connectivity index is 2.33. The van der Waals surface area contributed by atoms with Crippen molar-refractivity contribution in [1.82, 2.24) is 0 Å². The van der Waals surface area contributed by atoms with E-state index in [1.54, 1.807) is 12.1 Å². The van der Waals surface area contributed by atoms with Crippen LogP contribution in [0, 0.1) is 11.6 Å². The van der Waals surface area contributed by atoms with E-state index in [4.69, 9.17) is 10.5 Å². The van der Waals surface area contributed by atoms with Gasteiger partial charge in [0.2, 0.25) is 0 Å². The summed E-state index contributed by atoms with van der Waals surface area (Å²) >= 11 is 0. The molecule has 2 rings (SSSR count). The van der Waals surface area contributed by atoms with Gasteiger partial charge in [-0.3, -0.25) is 4.21 Å². The number of nitrogen functional groups attached to an aromatic ring is 1. The molecule has 2 aromatic rings. The van der Waals surface area contributed by atoms with Crippen LogP contribution in [0.25, 0.3) is 0 Å². The lowest BCUT2D eigenvalue weighted by Crippen LogP contribution is -2.04. The number of ether oxygens (including phenoxy) is 1. The summed E-state index contributed by atoms with van der Waals surface area (Å²) in [7, 11) is -0.196. The van der Waals surface area contributed by atoms with E-state index in [9.17, 15) is 13.0 Å². The minimum Gasteiger partial charge on any atom is -0.497 e. The number of nitrogens with two attached hydrogens (primary N) is 1. The Bertz CT molecular complexity index is 641. The molecule has 0 spiro atoms. The molecule has 1 atom stereocenters. The van der Waals surface area contributed by atoms with Crippen molar-refractivity contribution in [3.05, 3.63) is 53.6 Å². The second-order valence-corrected chi connectivity index (χ2v) is 5.51. The molecule has 0 saturated carbocycles. The van der Waals surface area contributed by atoms with E-state index < -0.39 is 22.4 Å². The van der Waals surface area contributed by atoms with E-state index >= 15 is 0 Å². The average Bonchev–Trinajstić information content (AvgIpc) is 2.43. The van der Waals surface area contributed by atoms with Gasteiger partial charge in [0.1, 0.15) is 17.4 Å². The van der Waals surface area contributed by atoms with Crippen molar-refractivity contribution < 1.29 is 17.7 Å². The molecule has 0 amide bonds. The zero-order chi connectivity index (χ0) is 14.7. The predicted molar refractivity (Wildman–Crippen MR) is 73.9 cm³/mol. The minimum absolute atomic E-state index is 0.215. The van der Waals surface area contributed by atoms with Gasteiger partial charge in [-0.1, -0.05) is 6.07 Å². The fourth-order valence-corrected chi connectivity index (χ4v) is 2.99. The van der Waals surface area contributed by atoms with Gasteiger partial charge >= 0.3 is 0 Å². The van der Waals surface area contributed by atoms with Gasteiger partial charge < -0.3 is 10.5 Å². The molecule has 2 N–H and O–H groups in total. The van der Waals surface area contributed by atoms with Gasteiger partial charge in [0.25, 0.3) is 0 Å². The third-order valence-corrected chi connectivity index (χ3v) is 4.20. The Kier molecular flexibility index (Phi) is 4.34. The fraction of sp³-hybridized carbons (Fsp3) is 0.143. The summed E-state index contributed by atoms with van der Waals surface area (Å²) in [5.74, 6) is -1.24. The van der Waals surface area contributed by atoms with Crippen molar-refractivity contribution in [3.8, 4) is 5.75 Å². The Hall–Kier alpha value is -1.95. The first-order valence-corrected chi connectivity index (χ1v) is 7.09. The highest BCUT2D eigenvalue weighted by molar-refractivity contribution is 7.84. The van der Waals surface area contributed by atoms with Gasteiger partial charge in [-0.15, -0.1) is 0 Å². The molecule has 0 aliphatic carbocycles. The second kappa shape index (κ2) is 6.00. The topological polar surface area (TPSA) is 52.3 Å². The highest BCUT2D eigenvalue weighted by Crippen LogP contribution is 2.25. The van der Waals surface area contributed by atoms with Gasteiger partial charge in [0.05, 0.1) is 28.6 Å². The third kappa shape index (κ3) is 2.96. The predicted octanol–water partition coefficient (Wildman–Crippen LogP) is 2.86. The zero-order valence-electron chi connectivity index (χ0n) is 10.7. The van der Waals surface area contributed by atoms with E-state index in [2.05, 4.69) is 0 Å². The Morgan fingerprint density at radius 3 is 2.45 bits per heavy atom. The molecule has 0 heterocycles. The summed E-state index contributed by atoms with van der Waals surface area (Å²) in [4.78, 5) is 0.298. The largest absolute Gasteiger partial charge is 0.497 e. The molecule has 0 aromatic heterocycles. The molecule has 2 aromatic carbocycles. The molecule has 0 radical (unpaired) electrons. The molecule has 20 heavy (non-hydrogen) atoms. The van der Waals surface area contributed by atoms with Crippen LogP contribution in [0.1, 0.15) is 5.56 Å². The number of halogens is 2. The van der Waals surface area contributed by atoms with Crippen molar-refractivity contribution in [2.45, 2.75) is 10.6 Å². The lowest BCUT2D eigenvalue weighted by molar-refractivity contribution is 0.413. The van der Waals surface area contributed by atoms with Crippen LogP contribution in [0.4, 0.5) is 14.5 Å². The Morgan fingerprint density at radius 2 is 1.85 bits per heavy atom. The summed E-state index contributed by atoms with van der Waals surface area (Å²) in [5.41, 5.74) is 5.82. The molecular weight excluding hydrogens is 284 g/mol. The van der Waals surface area contributed by atoms with E-state index in [1.165, 1.54) is 19.2 Å². The highest BCUT2D eigenvalue weighted by Gasteiger charge is 2.15. The van der Waals surface area contributed by atoms with E-state index in [0.717, 1.165) is 12.1 Å². The summed E-state index contributed by atoms with van der Waals surface area (Å²) in [6.45, 7) is 0. The smallest absolute Gasteiger partial charge is 0.130 e. The van der Waals surface area contributed by atoms with Crippen LogP contribution in [-0.2, 0) is 16.6 Å². The Labute approximate surface area is 117 Å². The molecule has 0 fully saturated rings. The van der Waals surface area contributed by atoms with Gasteiger partial charge in [-0.25, -0.2) is 8.78 Å². The van der Waals surface area contributed by atoms with Crippen LogP contribution in [0.15, 0.2) is 41.3 Å². The minimum atomic E-state index is -1.66. The van der Waals surface area contributed by atoms with Crippen LogP contribution in [0.2, 0.25) is 0 Å². The van der Waals surface area contributed by atoms with Crippen LogP contribution >= 0.6 is 0 Å². The van der Waals surface area contributed by atoms with Gasteiger partial charge in [-0.2, -0.15) is 0 Å². The van der Waals surface area contributed by atoms with Crippen molar-refractivity contribution >= 4 is 16.5 Å². The average molecular weight is 297 g/mol. The monoisotopic (exact) mass is 297 g/mol. The molecule has 3 nitrogen and oxygen atoms in total. The van der Waals surface area contributed by atoms with Crippen molar-refractivity contribution in [1.29, 1.82) is 0 Å². The standard InChI is InChI=1S/C14H13F2NO2S/c1-19-9-5-6-13(17)14(7-9)20(18)8-10-11(15)3-2-4-12(10)16/h2-7H,8,17H2,1H3. The van der Waals surface area contributed by atoms with Crippen LogP contribution in [0.3, 0.4) is 0 Å². The number of hydrogen-bond acceptors (Lipinski definition) is 3. The molecule has 0 aliphatic rings. The van der Waals surface area contributed by atoms with Crippen molar-refractivity contribution in [2.75, 3.05) is 12.8 Å². The van der Waals surface area contributed by atoms with Crippen LogP contribution in [-0.4, -0.2) is 11.3 Å². The molecular formula is C14H13F2NO2S. The summed E-state index contributed by atoms with van der Waals surface area (Å²) in [6, 6.07) is 8.19. The number of hydrogen-bond donors (Lipinski definition) is 1. The molecule has 1 unspecified atom stereocenters. The molecule has 0 saturated heterocycles.